The number of benzene rings is 1. The van der Waals surface area contributed by atoms with Crippen molar-refractivity contribution in [2.75, 3.05) is 29.4 Å². The van der Waals surface area contributed by atoms with Gasteiger partial charge in [0.05, 0.1) is 0 Å². The fourth-order valence-corrected chi connectivity index (χ4v) is 3.83. The van der Waals surface area contributed by atoms with Gasteiger partial charge in [0.1, 0.15) is 5.92 Å². The maximum atomic E-state index is 13.1. The van der Waals surface area contributed by atoms with E-state index in [0.29, 0.717) is 18.8 Å². The molecule has 2 aliphatic heterocycles. The Kier molecular flexibility index (Phi) is 4.28. The predicted octanol–water partition coefficient (Wildman–Crippen LogP) is 1.91. The average Bonchev–Trinajstić information content (AvgIpc) is 3.08. The minimum Gasteiger partial charge on any atom is -0.481 e. The van der Waals surface area contributed by atoms with Gasteiger partial charge in [-0.3, -0.25) is 9.59 Å². The molecule has 1 N–H and O–H groups in total. The first-order chi connectivity index (χ1) is 12.6. The summed E-state index contributed by atoms with van der Waals surface area (Å²) in [6.07, 6.45) is 4.86. The molecule has 1 saturated heterocycles. The van der Waals surface area contributed by atoms with Gasteiger partial charge in [0, 0.05) is 43.6 Å². The molecule has 7 heteroatoms. The van der Waals surface area contributed by atoms with Crippen LogP contribution in [0.3, 0.4) is 0 Å². The normalized spacial score (nSPS) is 20.1. The SMILES string of the molecule is O=C(O)C1CN(C(=O)C2CCN(c3ncccn3)CC2)c2ccccc21. The molecule has 2 aromatic rings. The van der Waals surface area contributed by atoms with Gasteiger partial charge in [-0.25, -0.2) is 9.97 Å². The first kappa shape index (κ1) is 16.5. The first-order valence-electron chi connectivity index (χ1n) is 8.80. The van der Waals surface area contributed by atoms with Gasteiger partial charge in [0.25, 0.3) is 0 Å². The van der Waals surface area contributed by atoms with E-state index in [1.54, 1.807) is 29.4 Å². The Hall–Kier alpha value is -2.96. The second-order valence-electron chi connectivity index (χ2n) is 6.71. The lowest BCUT2D eigenvalue weighted by atomic mass is 9.95. The van der Waals surface area contributed by atoms with Gasteiger partial charge in [-0.2, -0.15) is 0 Å². The van der Waals surface area contributed by atoms with E-state index in [-0.39, 0.29) is 18.4 Å². The molecule has 1 fully saturated rings. The number of aromatic nitrogens is 2. The first-order valence-corrected chi connectivity index (χ1v) is 8.80. The van der Waals surface area contributed by atoms with Crippen LogP contribution in [0.25, 0.3) is 0 Å². The summed E-state index contributed by atoms with van der Waals surface area (Å²) in [6.45, 7) is 1.66. The van der Waals surface area contributed by atoms with Crippen LogP contribution in [-0.2, 0) is 9.59 Å². The van der Waals surface area contributed by atoms with Crippen molar-refractivity contribution in [2.45, 2.75) is 18.8 Å². The number of para-hydroxylation sites is 1. The van der Waals surface area contributed by atoms with Crippen molar-refractivity contribution in [3.05, 3.63) is 48.3 Å². The largest absolute Gasteiger partial charge is 0.481 e. The zero-order valence-corrected chi connectivity index (χ0v) is 14.3. The van der Waals surface area contributed by atoms with Crippen molar-refractivity contribution in [2.24, 2.45) is 5.92 Å². The molecule has 134 valence electrons. The highest BCUT2D eigenvalue weighted by Gasteiger charge is 2.39. The van der Waals surface area contributed by atoms with Crippen molar-refractivity contribution in [1.82, 2.24) is 9.97 Å². The molecule has 1 amide bonds. The van der Waals surface area contributed by atoms with Crippen molar-refractivity contribution in [1.29, 1.82) is 0 Å². The summed E-state index contributed by atoms with van der Waals surface area (Å²) in [4.78, 5) is 36.9. The van der Waals surface area contributed by atoms with Gasteiger partial charge in [-0.15, -0.1) is 0 Å². The molecule has 26 heavy (non-hydrogen) atoms. The Morgan fingerprint density at radius 2 is 1.73 bits per heavy atom. The van der Waals surface area contributed by atoms with Gasteiger partial charge < -0.3 is 14.9 Å². The zero-order valence-electron chi connectivity index (χ0n) is 14.3. The molecule has 2 aliphatic rings. The lowest BCUT2D eigenvalue weighted by molar-refractivity contribution is -0.138. The quantitative estimate of drug-likeness (QED) is 0.908. The lowest BCUT2D eigenvalue weighted by Crippen LogP contribution is -2.43. The molecule has 0 saturated carbocycles. The summed E-state index contributed by atoms with van der Waals surface area (Å²) in [7, 11) is 0. The number of carboxylic acids is 1. The minimum atomic E-state index is -0.885. The molecule has 7 nitrogen and oxygen atoms in total. The summed E-state index contributed by atoms with van der Waals surface area (Å²) in [5.74, 6) is -0.919. The topological polar surface area (TPSA) is 86.6 Å². The van der Waals surface area contributed by atoms with Crippen LogP contribution >= 0.6 is 0 Å². The molecule has 0 bridgehead atoms. The van der Waals surface area contributed by atoms with Crippen LogP contribution in [0.15, 0.2) is 42.7 Å². The van der Waals surface area contributed by atoms with Crippen LogP contribution in [0.5, 0.6) is 0 Å². The Bertz CT molecular complexity index is 819. The van der Waals surface area contributed by atoms with E-state index in [1.807, 2.05) is 18.2 Å². The van der Waals surface area contributed by atoms with Crippen molar-refractivity contribution in [3.63, 3.8) is 0 Å². The third kappa shape index (κ3) is 2.89. The maximum absolute atomic E-state index is 13.1. The highest BCUT2D eigenvalue weighted by atomic mass is 16.4. The Balaban J connectivity index is 1.47. The number of anilines is 2. The molecular weight excluding hydrogens is 332 g/mol. The van der Waals surface area contributed by atoms with E-state index in [4.69, 9.17) is 0 Å². The fourth-order valence-electron chi connectivity index (χ4n) is 3.83. The molecule has 3 heterocycles. The second kappa shape index (κ2) is 6.74. The van der Waals surface area contributed by atoms with E-state index >= 15 is 0 Å². The molecule has 0 spiro atoms. The third-order valence-electron chi connectivity index (χ3n) is 5.21. The molecule has 1 unspecified atom stereocenters. The number of carbonyl (C=O) groups excluding carboxylic acids is 1. The summed E-state index contributed by atoms with van der Waals surface area (Å²) < 4.78 is 0. The molecule has 1 aromatic heterocycles. The van der Waals surface area contributed by atoms with E-state index in [0.717, 1.165) is 24.3 Å². The summed E-state index contributed by atoms with van der Waals surface area (Å²) in [5.41, 5.74) is 1.46. The summed E-state index contributed by atoms with van der Waals surface area (Å²) in [5, 5.41) is 9.47. The second-order valence-corrected chi connectivity index (χ2v) is 6.71. The third-order valence-corrected chi connectivity index (χ3v) is 5.21. The van der Waals surface area contributed by atoms with E-state index < -0.39 is 11.9 Å². The molecule has 0 aliphatic carbocycles. The van der Waals surface area contributed by atoms with Crippen molar-refractivity contribution >= 4 is 23.5 Å². The summed E-state index contributed by atoms with van der Waals surface area (Å²) in [6, 6.07) is 9.09. The number of rotatable bonds is 3. The van der Waals surface area contributed by atoms with Gasteiger partial charge in [-0.1, -0.05) is 18.2 Å². The molecule has 1 atom stereocenters. The number of hydrogen-bond acceptors (Lipinski definition) is 5. The van der Waals surface area contributed by atoms with Gasteiger partial charge in [0.2, 0.25) is 11.9 Å². The van der Waals surface area contributed by atoms with Crippen LogP contribution in [0.4, 0.5) is 11.6 Å². The number of piperidine rings is 1. The smallest absolute Gasteiger partial charge is 0.312 e. The number of hydrogen-bond donors (Lipinski definition) is 1. The van der Waals surface area contributed by atoms with Gasteiger partial charge >= 0.3 is 5.97 Å². The van der Waals surface area contributed by atoms with Gasteiger partial charge in [-0.05, 0) is 30.5 Å². The van der Waals surface area contributed by atoms with Gasteiger partial charge in [0.15, 0.2) is 0 Å². The van der Waals surface area contributed by atoms with Crippen molar-refractivity contribution < 1.29 is 14.7 Å². The van der Waals surface area contributed by atoms with E-state index in [1.165, 1.54) is 0 Å². The number of amides is 1. The molecule has 0 radical (unpaired) electrons. The van der Waals surface area contributed by atoms with Crippen LogP contribution in [0.2, 0.25) is 0 Å². The number of nitrogens with zero attached hydrogens (tertiary/aromatic N) is 4. The standard InChI is InChI=1S/C19H20N4O3/c24-17(13-6-10-22(11-7-13)19-20-8-3-9-21-19)23-12-15(18(25)26)14-4-1-2-5-16(14)23/h1-5,8-9,13,15H,6-7,10-12H2,(H,25,26). The number of carbonyl (C=O) groups is 2. The summed E-state index contributed by atoms with van der Waals surface area (Å²) >= 11 is 0. The van der Waals surface area contributed by atoms with Crippen LogP contribution in [-0.4, -0.2) is 46.6 Å². The van der Waals surface area contributed by atoms with Crippen LogP contribution in [0.1, 0.15) is 24.3 Å². The van der Waals surface area contributed by atoms with Crippen LogP contribution < -0.4 is 9.80 Å². The number of aliphatic carboxylic acids is 1. The monoisotopic (exact) mass is 352 g/mol. The highest BCUT2D eigenvalue weighted by Crippen LogP contribution is 2.38. The van der Waals surface area contributed by atoms with Crippen LogP contribution in [0, 0.1) is 5.92 Å². The molecule has 1 aromatic carbocycles. The Labute approximate surface area is 151 Å². The fraction of sp³-hybridized carbons (Fsp3) is 0.368. The average molecular weight is 352 g/mol. The number of carboxylic acid groups (broad SMARTS) is 1. The number of fused-ring (bicyclic) bond motifs is 1. The lowest BCUT2D eigenvalue weighted by Gasteiger charge is -2.33. The van der Waals surface area contributed by atoms with E-state index in [2.05, 4.69) is 14.9 Å². The Morgan fingerprint density at radius 3 is 2.42 bits per heavy atom. The highest BCUT2D eigenvalue weighted by molar-refractivity contribution is 6.00. The molecule has 4 rings (SSSR count). The zero-order chi connectivity index (χ0) is 18.1. The predicted molar refractivity (Wildman–Crippen MR) is 96.1 cm³/mol. The van der Waals surface area contributed by atoms with E-state index in [9.17, 15) is 14.7 Å². The Morgan fingerprint density at radius 1 is 1.04 bits per heavy atom. The maximum Gasteiger partial charge on any atom is 0.312 e. The molecular formula is C19H20N4O3. The van der Waals surface area contributed by atoms with Crippen molar-refractivity contribution in [3.8, 4) is 0 Å². The minimum absolute atomic E-state index is 0.0230.